The third-order valence-electron chi connectivity index (χ3n) is 3.74. The summed E-state index contributed by atoms with van der Waals surface area (Å²) in [7, 11) is 0. The van der Waals surface area contributed by atoms with Gasteiger partial charge in [0, 0.05) is 18.5 Å². The van der Waals surface area contributed by atoms with Crippen LogP contribution in [0.4, 0.5) is 4.39 Å². The molecule has 2 N–H and O–H groups in total. The third-order valence-corrected chi connectivity index (χ3v) is 3.74. The molecule has 2 unspecified atom stereocenters. The number of aliphatic hydroxyl groups is 1. The van der Waals surface area contributed by atoms with E-state index in [1.54, 1.807) is 6.07 Å². The zero-order valence-corrected chi connectivity index (χ0v) is 11.6. The smallest absolute Gasteiger partial charge is 0.123 e. The molecule has 0 amide bonds. The topological polar surface area (TPSA) is 41.5 Å². The highest BCUT2D eigenvalue weighted by Gasteiger charge is 2.24. The lowest BCUT2D eigenvalue weighted by atomic mass is 10.1. The molecule has 4 heteroatoms. The van der Waals surface area contributed by atoms with Crippen molar-refractivity contribution in [2.24, 2.45) is 0 Å². The summed E-state index contributed by atoms with van der Waals surface area (Å²) in [4.78, 5) is 0. The number of benzene rings is 2. The van der Waals surface area contributed by atoms with Gasteiger partial charge >= 0.3 is 0 Å². The summed E-state index contributed by atoms with van der Waals surface area (Å²) in [6.07, 6.45) is 0.659. The molecule has 1 aliphatic heterocycles. The fourth-order valence-corrected chi connectivity index (χ4v) is 2.65. The van der Waals surface area contributed by atoms with E-state index < -0.39 is 0 Å². The molecule has 0 fully saturated rings. The lowest BCUT2D eigenvalue weighted by Gasteiger charge is -2.19. The summed E-state index contributed by atoms with van der Waals surface area (Å²) in [6, 6.07) is 14.3. The van der Waals surface area contributed by atoms with Gasteiger partial charge in [-0.05, 0) is 23.8 Å². The van der Waals surface area contributed by atoms with Gasteiger partial charge in [0.25, 0.3) is 0 Å². The van der Waals surface area contributed by atoms with E-state index in [4.69, 9.17) is 4.74 Å². The molecule has 110 valence electrons. The van der Waals surface area contributed by atoms with Crippen molar-refractivity contribution >= 4 is 0 Å². The fraction of sp³-hybridized carbons (Fsp3) is 0.294. The number of halogens is 1. The number of fused-ring (bicyclic) bond motifs is 1. The van der Waals surface area contributed by atoms with Gasteiger partial charge in [0.15, 0.2) is 0 Å². The molecule has 2 atom stereocenters. The van der Waals surface area contributed by atoms with E-state index in [0.29, 0.717) is 13.0 Å². The van der Waals surface area contributed by atoms with Crippen molar-refractivity contribution < 1.29 is 14.2 Å². The van der Waals surface area contributed by atoms with Crippen molar-refractivity contribution in [1.82, 2.24) is 5.32 Å². The summed E-state index contributed by atoms with van der Waals surface area (Å²) in [5, 5.41) is 12.8. The van der Waals surface area contributed by atoms with Crippen molar-refractivity contribution in [2.75, 3.05) is 13.2 Å². The zero-order valence-electron chi connectivity index (χ0n) is 11.6. The van der Waals surface area contributed by atoms with Gasteiger partial charge in [0.05, 0.1) is 12.6 Å². The van der Waals surface area contributed by atoms with Crippen LogP contribution in [-0.4, -0.2) is 24.4 Å². The van der Waals surface area contributed by atoms with Crippen LogP contribution in [0.1, 0.15) is 17.2 Å². The van der Waals surface area contributed by atoms with Gasteiger partial charge in [-0.3, -0.25) is 0 Å². The van der Waals surface area contributed by atoms with E-state index in [0.717, 1.165) is 16.9 Å². The Bertz CT molecular complexity index is 603. The number of rotatable bonds is 5. The second-order valence-corrected chi connectivity index (χ2v) is 5.25. The second kappa shape index (κ2) is 6.24. The van der Waals surface area contributed by atoms with Crippen LogP contribution < -0.4 is 10.1 Å². The van der Waals surface area contributed by atoms with Gasteiger partial charge in [-0.2, -0.15) is 0 Å². The van der Waals surface area contributed by atoms with E-state index in [-0.39, 0.29) is 24.6 Å². The summed E-state index contributed by atoms with van der Waals surface area (Å²) in [5.74, 6) is 0.520. The Hall–Kier alpha value is -1.91. The van der Waals surface area contributed by atoms with Crippen molar-refractivity contribution in [3.8, 4) is 5.75 Å². The normalized spacial score (nSPS) is 18.1. The van der Waals surface area contributed by atoms with Crippen LogP contribution in [0.3, 0.4) is 0 Å². The quantitative estimate of drug-likeness (QED) is 0.887. The highest BCUT2D eigenvalue weighted by Crippen LogP contribution is 2.29. The van der Waals surface area contributed by atoms with E-state index in [1.165, 1.54) is 12.1 Å². The zero-order chi connectivity index (χ0) is 14.7. The molecule has 21 heavy (non-hydrogen) atoms. The summed E-state index contributed by atoms with van der Waals surface area (Å²) >= 11 is 0. The van der Waals surface area contributed by atoms with Crippen molar-refractivity contribution in [2.45, 2.75) is 18.6 Å². The number of hydrogen-bond acceptors (Lipinski definition) is 3. The standard InChI is InChI=1S/C17H18FNO2/c18-14-6-7-17-13(8-14)9-15(21-17)10-19-16(11-20)12-4-2-1-3-5-12/h1-8,15-16,19-20H,9-11H2. The van der Waals surface area contributed by atoms with Gasteiger partial charge in [-0.15, -0.1) is 0 Å². The molecule has 1 heterocycles. The Morgan fingerprint density at radius 1 is 1.24 bits per heavy atom. The number of nitrogens with one attached hydrogen (secondary N) is 1. The fourth-order valence-electron chi connectivity index (χ4n) is 2.65. The predicted octanol–water partition coefficient (Wildman–Crippen LogP) is 2.45. The second-order valence-electron chi connectivity index (χ2n) is 5.25. The first-order valence-corrected chi connectivity index (χ1v) is 7.10. The molecule has 0 radical (unpaired) electrons. The van der Waals surface area contributed by atoms with Crippen LogP contribution in [0.2, 0.25) is 0 Å². The summed E-state index contributed by atoms with van der Waals surface area (Å²) in [6.45, 7) is 0.634. The van der Waals surface area contributed by atoms with Crippen LogP contribution in [-0.2, 0) is 6.42 Å². The molecule has 3 nitrogen and oxygen atoms in total. The molecule has 0 spiro atoms. The summed E-state index contributed by atoms with van der Waals surface area (Å²) in [5.41, 5.74) is 1.95. The molecule has 3 rings (SSSR count). The van der Waals surface area contributed by atoms with E-state index in [9.17, 15) is 9.50 Å². The van der Waals surface area contributed by atoms with Gasteiger partial charge < -0.3 is 15.2 Å². The monoisotopic (exact) mass is 287 g/mol. The van der Waals surface area contributed by atoms with Crippen molar-refractivity contribution in [3.05, 3.63) is 65.5 Å². The average Bonchev–Trinajstić information content (AvgIpc) is 2.91. The van der Waals surface area contributed by atoms with Crippen molar-refractivity contribution in [1.29, 1.82) is 0 Å². The first-order chi connectivity index (χ1) is 10.3. The van der Waals surface area contributed by atoms with Crippen LogP contribution in [0.25, 0.3) is 0 Å². The lowest BCUT2D eigenvalue weighted by Crippen LogP contribution is -2.34. The number of ether oxygens (including phenoxy) is 1. The number of hydrogen-bond donors (Lipinski definition) is 2. The van der Waals surface area contributed by atoms with Gasteiger partial charge in [-0.25, -0.2) is 4.39 Å². The lowest BCUT2D eigenvalue weighted by molar-refractivity contribution is 0.197. The first kappa shape index (κ1) is 14.0. The summed E-state index contributed by atoms with van der Waals surface area (Å²) < 4.78 is 19.0. The Morgan fingerprint density at radius 2 is 2.05 bits per heavy atom. The maximum absolute atomic E-state index is 13.2. The molecule has 2 aromatic rings. The van der Waals surface area contributed by atoms with E-state index >= 15 is 0 Å². The molecular weight excluding hydrogens is 269 g/mol. The Morgan fingerprint density at radius 3 is 2.81 bits per heavy atom. The SMILES string of the molecule is OCC(NCC1Cc2cc(F)ccc2O1)c1ccccc1. The maximum Gasteiger partial charge on any atom is 0.123 e. The van der Waals surface area contributed by atoms with Crippen molar-refractivity contribution in [3.63, 3.8) is 0 Å². The highest BCUT2D eigenvalue weighted by atomic mass is 19.1. The molecule has 0 aliphatic carbocycles. The Labute approximate surface area is 123 Å². The molecule has 0 aromatic heterocycles. The minimum absolute atomic E-state index is 0.0261. The first-order valence-electron chi connectivity index (χ1n) is 7.10. The maximum atomic E-state index is 13.2. The van der Waals surface area contributed by atoms with Gasteiger partial charge in [0.2, 0.25) is 0 Å². The van der Waals surface area contributed by atoms with E-state index in [1.807, 2.05) is 30.3 Å². The van der Waals surface area contributed by atoms with Crippen LogP contribution in [0.15, 0.2) is 48.5 Å². The number of aliphatic hydroxyl groups excluding tert-OH is 1. The minimum Gasteiger partial charge on any atom is -0.488 e. The molecule has 2 aromatic carbocycles. The third kappa shape index (κ3) is 3.23. The molecule has 0 saturated heterocycles. The van der Waals surface area contributed by atoms with Gasteiger partial charge in [0.1, 0.15) is 17.7 Å². The highest BCUT2D eigenvalue weighted by molar-refractivity contribution is 5.38. The Balaban J connectivity index is 1.59. The molecular formula is C17H18FNO2. The molecule has 0 bridgehead atoms. The van der Waals surface area contributed by atoms with Crippen LogP contribution in [0.5, 0.6) is 5.75 Å². The minimum atomic E-state index is -0.233. The van der Waals surface area contributed by atoms with E-state index in [2.05, 4.69) is 5.32 Å². The average molecular weight is 287 g/mol. The largest absolute Gasteiger partial charge is 0.488 e. The molecule has 0 saturated carbocycles. The Kier molecular flexibility index (Phi) is 4.18. The molecule has 1 aliphatic rings. The predicted molar refractivity (Wildman–Crippen MR) is 78.8 cm³/mol. The van der Waals surface area contributed by atoms with Gasteiger partial charge in [-0.1, -0.05) is 30.3 Å². The van der Waals surface area contributed by atoms with Crippen LogP contribution in [0, 0.1) is 5.82 Å². The van der Waals surface area contributed by atoms with Crippen LogP contribution >= 0.6 is 0 Å².